The van der Waals surface area contributed by atoms with Gasteiger partial charge in [0.1, 0.15) is 17.9 Å². The lowest BCUT2D eigenvalue weighted by Crippen LogP contribution is -2.20. The number of alkyl halides is 3. The molecule has 184 valence electrons. The first-order valence-corrected chi connectivity index (χ1v) is 11.6. The minimum atomic E-state index is -4.59. The van der Waals surface area contributed by atoms with Crippen molar-refractivity contribution in [1.29, 1.82) is 0 Å². The smallest absolute Gasteiger partial charge is 0.422 e. The Morgan fingerprint density at radius 3 is 2.24 bits per heavy atom. The maximum atomic E-state index is 12.8. The summed E-state index contributed by atoms with van der Waals surface area (Å²) in [5.41, 5.74) is 0.439. The summed E-state index contributed by atoms with van der Waals surface area (Å²) in [6.07, 6.45) is -3.33. The fourth-order valence-corrected chi connectivity index (χ4v) is 3.76. The van der Waals surface area contributed by atoms with Crippen LogP contribution in [0.5, 0.6) is 17.2 Å². The highest BCUT2D eigenvalue weighted by atomic mass is 32.2. The van der Waals surface area contributed by atoms with E-state index in [4.69, 9.17) is 14.2 Å². The summed E-state index contributed by atoms with van der Waals surface area (Å²) in [6.45, 7) is 2.83. The highest BCUT2D eigenvalue weighted by molar-refractivity contribution is 7.89. The molecule has 0 fully saturated rings. The number of hydrogen-bond donors (Lipinski definition) is 2. The number of benzene rings is 2. The Morgan fingerprint density at radius 2 is 1.62 bits per heavy atom. The van der Waals surface area contributed by atoms with Crippen LogP contribution in [-0.4, -0.2) is 51.4 Å². The second-order valence-corrected chi connectivity index (χ2v) is 8.69. The number of hydrogen-bond acceptors (Lipinski definition) is 8. The normalized spacial score (nSPS) is 11.9. The summed E-state index contributed by atoms with van der Waals surface area (Å²) in [7, 11) is -2.66. The molecule has 2 N–H and O–H groups in total. The molecule has 0 aliphatic carbocycles. The molecule has 3 aromatic rings. The van der Waals surface area contributed by atoms with E-state index < -0.39 is 22.8 Å². The Labute approximate surface area is 194 Å². The molecule has 0 spiro atoms. The quantitative estimate of drug-likeness (QED) is 0.429. The number of rotatable bonds is 10. The van der Waals surface area contributed by atoms with E-state index in [0.29, 0.717) is 35.6 Å². The SMILES string of the molecule is CCOc1cc2ncnc(Nc3cc(S(=O)(=O)NC)ccc3OCC(F)(F)F)c2cc1OCC. The van der Waals surface area contributed by atoms with Crippen molar-refractivity contribution in [2.45, 2.75) is 24.9 Å². The number of anilines is 2. The van der Waals surface area contributed by atoms with Crippen molar-refractivity contribution in [3.05, 3.63) is 36.7 Å². The molecule has 1 heterocycles. The van der Waals surface area contributed by atoms with Gasteiger partial charge in [-0.15, -0.1) is 0 Å². The summed E-state index contributed by atoms with van der Waals surface area (Å²) in [4.78, 5) is 8.22. The largest absolute Gasteiger partial charge is 0.490 e. The molecule has 34 heavy (non-hydrogen) atoms. The molecule has 0 saturated carbocycles. The summed E-state index contributed by atoms with van der Waals surface area (Å²) < 4.78 is 81.1. The predicted octanol–water partition coefficient (Wildman–Crippen LogP) is 4.02. The van der Waals surface area contributed by atoms with Gasteiger partial charge in [-0.25, -0.2) is 23.1 Å². The Kier molecular flexibility index (Phi) is 7.67. The van der Waals surface area contributed by atoms with Gasteiger partial charge in [0.05, 0.1) is 29.3 Å². The van der Waals surface area contributed by atoms with Crippen LogP contribution >= 0.6 is 0 Å². The van der Waals surface area contributed by atoms with Gasteiger partial charge in [0.25, 0.3) is 0 Å². The van der Waals surface area contributed by atoms with E-state index in [2.05, 4.69) is 20.0 Å². The van der Waals surface area contributed by atoms with E-state index in [-0.39, 0.29) is 22.2 Å². The van der Waals surface area contributed by atoms with Crippen LogP contribution in [0.15, 0.2) is 41.6 Å². The van der Waals surface area contributed by atoms with E-state index in [1.54, 1.807) is 19.1 Å². The van der Waals surface area contributed by atoms with Crippen LogP contribution in [0.2, 0.25) is 0 Å². The molecule has 0 aliphatic heterocycles. The van der Waals surface area contributed by atoms with Crippen molar-refractivity contribution in [3.63, 3.8) is 0 Å². The lowest BCUT2D eigenvalue weighted by molar-refractivity contribution is -0.153. The molecule has 0 atom stereocenters. The Balaban J connectivity index is 2.11. The maximum Gasteiger partial charge on any atom is 0.422 e. The topological polar surface area (TPSA) is 112 Å². The van der Waals surface area contributed by atoms with Crippen LogP contribution < -0.4 is 24.2 Å². The maximum absolute atomic E-state index is 12.8. The van der Waals surface area contributed by atoms with Crippen molar-refractivity contribution in [3.8, 4) is 17.2 Å². The van der Waals surface area contributed by atoms with E-state index in [1.807, 2.05) is 6.92 Å². The van der Waals surface area contributed by atoms with Crippen LogP contribution in [0, 0.1) is 0 Å². The van der Waals surface area contributed by atoms with Crippen LogP contribution in [0.1, 0.15) is 13.8 Å². The lowest BCUT2D eigenvalue weighted by Gasteiger charge is -2.17. The number of sulfonamides is 1. The first-order chi connectivity index (χ1) is 16.1. The Bertz CT molecular complexity index is 1270. The molecule has 9 nitrogen and oxygen atoms in total. The minimum absolute atomic E-state index is 0.0348. The second kappa shape index (κ2) is 10.3. The Morgan fingerprint density at radius 1 is 0.941 bits per heavy atom. The molecule has 3 rings (SSSR count). The lowest BCUT2D eigenvalue weighted by atomic mass is 10.2. The molecule has 0 amide bonds. The Hall–Kier alpha value is -3.32. The zero-order valence-corrected chi connectivity index (χ0v) is 19.4. The van der Waals surface area contributed by atoms with Gasteiger partial charge >= 0.3 is 6.18 Å². The first kappa shape index (κ1) is 25.3. The van der Waals surface area contributed by atoms with Gasteiger partial charge in [0.15, 0.2) is 18.1 Å². The monoisotopic (exact) mass is 500 g/mol. The zero-order valence-electron chi connectivity index (χ0n) is 18.6. The third-order valence-corrected chi connectivity index (χ3v) is 5.89. The van der Waals surface area contributed by atoms with Crippen LogP contribution in [0.25, 0.3) is 10.9 Å². The highest BCUT2D eigenvalue weighted by Crippen LogP contribution is 2.37. The number of fused-ring (bicyclic) bond motifs is 1. The standard InChI is InChI=1S/C21H23F3N4O5S/c1-4-31-18-9-14-15(10-19(18)32-5-2)26-12-27-20(14)28-16-8-13(34(29,30)25-3)6-7-17(16)33-11-21(22,23)24/h6-10,12,25H,4-5,11H2,1-3H3,(H,26,27,28). The van der Waals surface area contributed by atoms with Crippen molar-refractivity contribution < 1.29 is 35.8 Å². The molecule has 0 aliphatic rings. The van der Waals surface area contributed by atoms with Crippen molar-refractivity contribution in [2.75, 3.05) is 32.2 Å². The fraction of sp³-hybridized carbons (Fsp3) is 0.333. The van der Waals surface area contributed by atoms with Gasteiger partial charge in [-0.05, 0) is 45.2 Å². The van der Waals surface area contributed by atoms with Gasteiger partial charge in [0.2, 0.25) is 10.0 Å². The molecule has 0 radical (unpaired) electrons. The van der Waals surface area contributed by atoms with Crippen LogP contribution in [-0.2, 0) is 10.0 Å². The van der Waals surface area contributed by atoms with Crippen LogP contribution in [0.4, 0.5) is 24.7 Å². The molecule has 13 heteroatoms. The third-order valence-electron chi connectivity index (χ3n) is 4.47. The molecule has 0 bridgehead atoms. The van der Waals surface area contributed by atoms with Gasteiger partial charge < -0.3 is 19.5 Å². The van der Waals surface area contributed by atoms with Gasteiger partial charge in [-0.1, -0.05) is 0 Å². The number of nitrogens with zero attached hydrogens (tertiary/aromatic N) is 2. The van der Waals surface area contributed by atoms with E-state index >= 15 is 0 Å². The summed E-state index contributed by atoms with van der Waals surface area (Å²) >= 11 is 0. The molecule has 0 unspecified atom stereocenters. The number of aromatic nitrogens is 2. The summed E-state index contributed by atoms with van der Waals surface area (Å²) in [5.74, 6) is 0.882. The molecule has 2 aromatic carbocycles. The van der Waals surface area contributed by atoms with Gasteiger partial charge in [-0.2, -0.15) is 13.2 Å². The molecule has 1 aromatic heterocycles. The van der Waals surface area contributed by atoms with Gasteiger partial charge in [0, 0.05) is 11.5 Å². The fourth-order valence-electron chi connectivity index (χ4n) is 3.01. The second-order valence-electron chi connectivity index (χ2n) is 6.80. The highest BCUT2D eigenvalue weighted by Gasteiger charge is 2.29. The zero-order chi connectivity index (χ0) is 24.9. The molecule has 0 saturated heterocycles. The first-order valence-electron chi connectivity index (χ1n) is 10.2. The van der Waals surface area contributed by atoms with Crippen molar-refractivity contribution in [1.82, 2.24) is 14.7 Å². The number of ether oxygens (including phenoxy) is 3. The predicted molar refractivity (Wildman–Crippen MR) is 119 cm³/mol. The van der Waals surface area contributed by atoms with Gasteiger partial charge in [-0.3, -0.25) is 0 Å². The van der Waals surface area contributed by atoms with Crippen molar-refractivity contribution in [2.24, 2.45) is 0 Å². The molecular formula is C21H23F3N4O5S. The van der Waals surface area contributed by atoms with E-state index in [9.17, 15) is 21.6 Å². The summed E-state index contributed by atoms with van der Waals surface area (Å²) in [6, 6.07) is 6.72. The average Bonchev–Trinajstić information content (AvgIpc) is 2.78. The average molecular weight is 500 g/mol. The molecular weight excluding hydrogens is 477 g/mol. The third kappa shape index (κ3) is 5.97. The van der Waals surface area contributed by atoms with E-state index in [1.165, 1.54) is 13.4 Å². The summed E-state index contributed by atoms with van der Waals surface area (Å²) in [5, 5.41) is 3.35. The van der Waals surface area contributed by atoms with E-state index in [0.717, 1.165) is 18.2 Å². The number of halogens is 3. The van der Waals surface area contributed by atoms with Crippen molar-refractivity contribution >= 4 is 32.4 Å². The minimum Gasteiger partial charge on any atom is -0.490 e. The van der Waals surface area contributed by atoms with Crippen LogP contribution in [0.3, 0.4) is 0 Å². The number of nitrogens with one attached hydrogen (secondary N) is 2.